The van der Waals surface area contributed by atoms with Gasteiger partial charge in [0.25, 0.3) is 14.8 Å². The van der Waals surface area contributed by atoms with E-state index in [4.69, 9.17) is 45.9 Å². The van der Waals surface area contributed by atoms with Gasteiger partial charge >= 0.3 is 19.4 Å². The number of amides is 1. The normalized spacial score (nSPS) is 16.9. The minimum atomic E-state index is -2.20. The van der Waals surface area contributed by atoms with Crippen LogP contribution in [-0.4, -0.2) is 182 Å². The molecule has 1 amide bonds. The number of nitrogens with zero attached hydrogens (tertiary/aromatic N) is 3. The van der Waals surface area contributed by atoms with Crippen molar-refractivity contribution in [1.82, 2.24) is 31.4 Å². The Bertz CT molecular complexity index is 2950. The molecule has 3 aliphatic rings. The summed E-state index contributed by atoms with van der Waals surface area (Å²) >= 11 is 5.84. The number of carboxylic acid groups (broad SMARTS) is 2. The molecule has 6 atom stereocenters. The quantitative estimate of drug-likeness (QED) is 0.00709. The zero-order valence-electron chi connectivity index (χ0n) is 56.0. The van der Waals surface area contributed by atoms with Gasteiger partial charge < -0.3 is 65.3 Å². The monoisotopic (exact) mass is 1500 g/mol. The van der Waals surface area contributed by atoms with Crippen molar-refractivity contribution in [1.29, 1.82) is 0 Å². The highest BCUT2D eigenvalue weighted by molar-refractivity contribution is 8.04. The Hall–Kier alpha value is -5.95. The zero-order chi connectivity index (χ0) is 69.6. The summed E-state index contributed by atoms with van der Waals surface area (Å²) < 4.78 is 11.3. The molecule has 3 heterocycles. The third kappa shape index (κ3) is 48.7. The van der Waals surface area contributed by atoms with Gasteiger partial charge in [-0.15, -0.1) is 15.8 Å². The molecule has 3 aromatic rings. The molecule has 36 heteroatoms. The number of benzene rings is 3. The van der Waals surface area contributed by atoms with Gasteiger partial charge in [0.05, 0.1) is 66.5 Å². The number of hydrogen-bond donors (Lipinski definition) is 7. The van der Waals surface area contributed by atoms with E-state index < -0.39 is 40.0 Å². The van der Waals surface area contributed by atoms with Crippen LogP contribution in [0.4, 0.5) is 0 Å². The molecule has 98 heavy (non-hydrogen) atoms. The zero-order valence-corrected chi connectivity index (χ0v) is 62.6. The second-order valence-corrected chi connectivity index (χ2v) is 24.5. The van der Waals surface area contributed by atoms with Crippen LogP contribution in [0, 0.1) is 0 Å². The lowest BCUT2D eigenvalue weighted by atomic mass is 9.92. The van der Waals surface area contributed by atoms with Crippen LogP contribution in [0.15, 0.2) is 112 Å². The number of piperidine rings is 2. The van der Waals surface area contributed by atoms with E-state index >= 15 is 0 Å². The number of nitrogens with one attached hydrogen (secondary N) is 5. The van der Waals surface area contributed by atoms with E-state index in [1.807, 2.05) is 91.0 Å². The summed E-state index contributed by atoms with van der Waals surface area (Å²) in [6.07, 6.45) is 10.4. The summed E-state index contributed by atoms with van der Waals surface area (Å²) in [4.78, 5) is 133. The Morgan fingerprint density at radius 1 is 0.663 bits per heavy atom. The third-order valence-electron chi connectivity index (χ3n) is 13.3. The second-order valence-electron chi connectivity index (χ2n) is 21.4. The largest absolute Gasteiger partial charge is 0.873 e. The topological polar surface area (TPSA) is 384 Å². The number of carbonyl (C=O) groups excluding carboxylic acids is 9. The molecule has 3 aliphatic heterocycles. The average molecular weight is 1500 g/mol. The van der Waals surface area contributed by atoms with Gasteiger partial charge in [-0.2, -0.15) is 73.0 Å². The van der Waals surface area contributed by atoms with Crippen LogP contribution < -0.4 is 31.7 Å². The van der Waals surface area contributed by atoms with Crippen LogP contribution in [0.25, 0.3) is 0 Å². The molecule has 3 aromatic carbocycles. The maximum absolute atomic E-state index is 11.4. The van der Waals surface area contributed by atoms with Crippen LogP contribution in [0.3, 0.4) is 0 Å². The molecule has 0 bridgehead atoms. The Morgan fingerprint density at radius 3 is 1.52 bits per heavy atom. The van der Waals surface area contributed by atoms with Gasteiger partial charge in [-0.3, -0.25) is 33.6 Å². The van der Waals surface area contributed by atoms with E-state index in [-0.39, 0.29) is 145 Å². The predicted molar refractivity (Wildman–Crippen MR) is 407 cm³/mol. The molecule has 3 fully saturated rings. The molecule has 7 N–H and O–H groups in total. The van der Waals surface area contributed by atoms with Crippen molar-refractivity contribution >= 4 is 188 Å². The van der Waals surface area contributed by atoms with E-state index in [0.29, 0.717) is 76.3 Å². The lowest BCUT2D eigenvalue weighted by Crippen LogP contribution is -2.50. The summed E-state index contributed by atoms with van der Waals surface area (Å²) in [5, 5.41) is 47.2. The third-order valence-corrected chi connectivity index (χ3v) is 14.5. The number of Topliss-reactive ketones (excluding diaryl/α,β-unsaturated/α-hetero) is 5. The average Bonchev–Trinajstić information content (AvgIpc) is 1.79. The number of ketones is 5. The van der Waals surface area contributed by atoms with Crippen molar-refractivity contribution in [3.63, 3.8) is 0 Å². The number of carbonyl (C=O) groups is 11. The Morgan fingerprint density at radius 2 is 1.13 bits per heavy atom. The molecule has 3 saturated heterocycles. The lowest BCUT2D eigenvalue weighted by molar-refractivity contribution is -0.306. The van der Waals surface area contributed by atoms with Gasteiger partial charge in [0.15, 0.2) is 5.78 Å². The van der Waals surface area contributed by atoms with Crippen molar-refractivity contribution in [3.05, 3.63) is 119 Å². The summed E-state index contributed by atoms with van der Waals surface area (Å²) in [5.41, 5.74) is 7.96. The molecule has 0 spiro atoms. The van der Waals surface area contributed by atoms with Crippen molar-refractivity contribution < 1.29 is 86.8 Å². The summed E-state index contributed by atoms with van der Waals surface area (Å²) in [6, 6.07) is 28.6. The van der Waals surface area contributed by atoms with E-state index in [2.05, 4.69) is 36.9 Å². The maximum atomic E-state index is 11.4. The fraction of sp³-hybridized carbons (Fsp3) is 0.468. The molecular formula is C62H95B3ClN8O18S6. The highest BCUT2D eigenvalue weighted by atomic mass is 35.5. The molecule has 0 aliphatic carbocycles. The predicted octanol–water partition coefficient (Wildman–Crippen LogP) is 3.43. The van der Waals surface area contributed by atoms with E-state index in [1.165, 1.54) is 50.9 Å². The van der Waals surface area contributed by atoms with Crippen LogP contribution >= 0.6 is 79.1 Å². The van der Waals surface area contributed by atoms with Crippen molar-refractivity contribution in [2.45, 2.75) is 155 Å². The van der Waals surface area contributed by atoms with Gasteiger partial charge in [0.2, 0.25) is 5.91 Å². The number of allylic oxidation sites excluding steroid dienone is 1. The van der Waals surface area contributed by atoms with Crippen LogP contribution in [0.5, 0.6) is 0 Å². The van der Waals surface area contributed by atoms with Gasteiger partial charge in [-0.25, -0.2) is 9.59 Å². The molecule has 3 radical (unpaired) electrons. The number of hydrogen-bond acceptors (Lipinski definition) is 23. The number of oxime groups is 2. The summed E-state index contributed by atoms with van der Waals surface area (Å²) in [5.74, 6) is -3.67. The minimum absolute atomic E-state index is 0. The van der Waals surface area contributed by atoms with Crippen molar-refractivity contribution in [3.8, 4) is 0 Å². The molecule has 0 aromatic heterocycles. The first-order chi connectivity index (χ1) is 44.2. The van der Waals surface area contributed by atoms with Crippen molar-refractivity contribution in [2.24, 2.45) is 10.3 Å². The van der Waals surface area contributed by atoms with Gasteiger partial charge in [-0.1, -0.05) is 107 Å². The number of hydroxylamine groups is 1. The Balaban J connectivity index is -0.000000358. The number of aliphatic carboxylic acids is 2. The van der Waals surface area contributed by atoms with E-state index in [9.17, 15) is 52.5 Å². The molecule has 1 unspecified atom stereocenters. The SMILES string of the molecule is CC(=O)[C@@H]1CC/C(=N/OCc2ccccc2)CN1.CC(=O)[C@@H]1CCC(=O)N1[B]C=O.CC(=O)[C@@H]1CCC(NOCc2ccccc2)CN1.CC(=O)[C@H](CC/C(CCl)=N/OCc1ccccc1)N[B]C=O.CC(=O)[C@H](CC/C([O-])=C/[S+](C)(C)=O)N[B]C=O.O=C(O)C(=O)O.S.S.S.S.S. The van der Waals surface area contributed by atoms with Crippen molar-refractivity contribution in [2.75, 3.05) is 31.5 Å². The van der Waals surface area contributed by atoms with Crippen LogP contribution in [-0.2, 0) is 101 Å². The van der Waals surface area contributed by atoms with Gasteiger partial charge in [0, 0.05) is 25.6 Å². The molecule has 0 saturated carbocycles. The highest BCUT2D eigenvalue weighted by Crippen LogP contribution is 2.18. The van der Waals surface area contributed by atoms with Crippen LogP contribution in [0.1, 0.15) is 116 Å². The molecular weight excluding hydrogens is 1410 g/mol. The summed E-state index contributed by atoms with van der Waals surface area (Å²) in [7, 11) is 1.27. The molecule has 6 rings (SSSR count). The number of alkyl halides is 1. The first kappa shape index (κ1) is 101. The highest BCUT2D eigenvalue weighted by Gasteiger charge is 2.33. The fourth-order valence-corrected chi connectivity index (χ4v) is 9.35. The Labute approximate surface area is 617 Å². The molecule has 26 nitrogen and oxygen atoms in total. The Kier molecular flexibility index (Phi) is 61.5. The first-order valence-electron chi connectivity index (χ1n) is 29.6. The second kappa shape index (κ2) is 59.9. The standard InChI is InChI=1S/C15H19BClN2O3.C14H20N2O2.C14H18N2O2.C10H17BNO4S.C7H9BNO3.C2H2O4.5H2S/c1-12(21)15(18-16-11-20)8-7-14(9-17)19-22-10-13-5-3-2-4-6-13;2*1-11(17)14-8-7-13(9-15-14)16-18-10-12-5-3-2-4-6-12;1-8(14)10(12-11-7-13)5-4-9(15)6-17(2,3)16;1-5(11)6-2-3-7(12)9(6)8-4-10;3-1(4)2(5)6;;;;;/h2-6,11,15,18H,7-10H2,1H3;2-6,13-16H,7-10H2,1H3;2-6,14-15H,7-10H2,1H3;6-7,10,12H,4-5H2,1-3H3;4,6H,2-3H2,1H3;(H,3,4)(H,5,6);5*1H2/b19-14-;;16-13-;;;;;;;;/t15-;13?,14-;14-;10-;6-;;;;;;/m00000....../s1. The first-order valence-corrected chi connectivity index (χ1v) is 32.6. The number of carboxylic acids is 2. The van der Waals surface area contributed by atoms with E-state index in [1.54, 1.807) is 13.8 Å². The van der Waals surface area contributed by atoms with Gasteiger partial charge in [-0.05, 0) is 109 Å². The smallest absolute Gasteiger partial charge is 0.414 e. The summed E-state index contributed by atoms with van der Waals surface area (Å²) in [6.45, 7) is 10.4. The van der Waals surface area contributed by atoms with Crippen LogP contribution in [0.2, 0.25) is 0 Å². The lowest BCUT2D eigenvalue weighted by Gasteiger charge is -2.28. The fourth-order valence-electron chi connectivity index (χ4n) is 8.42. The molecule has 543 valence electrons. The number of rotatable bonds is 31. The minimum Gasteiger partial charge on any atom is -0.873 e. The van der Waals surface area contributed by atoms with E-state index in [0.717, 1.165) is 69.5 Å². The van der Waals surface area contributed by atoms with Gasteiger partial charge in [0.1, 0.15) is 70.4 Å². The maximum Gasteiger partial charge on any atom is 0.414 e. The number of halogens is 1.